The minimum atomic E-state index is -2.97. The van der Waals surface area contributed by atoms with Crippen LogP contribution < -0.4 is 10.1 Å². The summed E-state index contributed by atoms with van der Waals surface area (Å²) in [6.45, 7) is 7.14. The maximum absolute atomic E-state index is 11.6. The highest BCUT2D eigenvalue weighted by molar-refractivity contribution is 7.91. The van der Waals surface area contributed by atoms with Crippen LogP contribution in [0.4, 0.5) is 0 Å². The molecule has 0 aliphatic rings. The molecule has 0 aliphatic carbocycles. The molecule has 0 aliphatic heterocycles. The van der Waals surface area contributed by atoms with Crippen LogP contribution in [0.3, 0.4) is 0 Å². The van der Waals surface area contributed by atoms with Crippen molar-refractivity contribution in [3.05, 3.63) is 29.8 Å². The van der Waals surface area contributed by atoms with Crippen molar-refractivity contribution in [2.75, 3.05) is 24.7 Å². The van der Waals surface area contributed by atoms with Crippen LogP contribution in [0.25, 0.3) is 0 Å². The van der Waals surface area contributed by atoms with Crippen LogP contribution in [0, 0.1) is 0 Å². The first-order chi connectivity index (χ1) is 9.48. The lowest BCUT2D eigenvalue weighted by Crippen LogP contribution is -2.18. The number of ether oxygens (including phenoxy) is 1. The SMILES string of the molecule is CCCS(=O)(=O)CCOc1cccc(C(C)NCC)c1. The molecule has 1 N–H and O–H groups in total. The van der Waals surface area contributed by atoms with Gasteiger partial charge in [-0.05, 0) is 37.6 Å². The lowest BCUT2D eigenvalue weighted by Gasteiger charge is -2.14. The van der Waals surface area contributed by atoms with Crippen LogP contribution in [-0.4, -0.2) is 33.1 Å². The monoisotopic (exact) mass is 299 g/mol. The molecule has 0 bridgehead atoms. The Morgan fingerprint density at radius 3 is 2.65 bits per heavy atom. The molecular formula is C15H25NO3S. The molecule has 0 aromatic heterocycles. The van der Waals surface area contributed by atoms with E-state index in [0.29, 0.717) is 6.42 Å². The van der Waals surface area contributed by atoms with Crippen LogP contribution in [0.2, 0.25) is 0 Å². The second-order valence-electron chi connectivity index (χ2n) is 4.85. The number of hydrogen-bond acceptors (Lipinski definition) is 4. The molecule has 1 unspecified atom stereocenters. The van der Waals surface area contributed by atoms with E-state index in [1.54, 1.807) is 0 Å². The topological polar surface area (TPSA) is 55.4 Å². The Morgan fingerprint density at radius 1 is 1.25 bits per heavy atom. The fraction of sp³-hybridized carbons (Fsp3) is 0.600. The lowest BCUT2D eigenvalue weighted by atomic mass is 10.1. The Balaban J connectivity index is 2.55. The van der Waals surface area contributed by atoms with E-state index in [4.69, 9.17) is 4.74 Å². The molecule has 0 radical (unpaired) electrons. The minimum Gasteiger partial charge on any atom is -0.493 e. The smallest absolute Gasteiger partial charge is 0.153 e. The third-order valence-electron chi connectivity index (χ3n) is 3.05. The van der Waals surface area contributed by atoms with E-state index < -0.39 is 9.84 Å². The molecule has 1 aromatic rings. The predicted molar refractivity (Wildman–Crippen MR) is 83.0 cm³/mol. The van der Waals surface area contributed by atoms with Crippen molar-refractivity contribution in [2.24, 2.45) is 0 Å². The second kappa shape index (κ2) is 8.27. The van der Waals surface area contributed by atoms with Gasteiger partial charge in [0, 0.05) is 6.04 Å². The standard InChI is InChI=1S/C15H25NO3S/c1-4-10-20(17,18)11-9-19-15-8-6-7-14(12-15)13(3)16-5-2/h6-8,12-13,16H,4-5,9-11H2,1-3H3. The van der Waals surface area contributed by atoms with E-state index in [9.17, 15) is 8.42 Å². The van der Waals surface area contributed by atoms with Crippen LogP contribution in [0.5, 0.6) is 5.75 Å². The van der Waals surface area contributed by atoms with Gasteiger partial charge in [0.25, 0.3) is 0 Å². The molecular weight excluding hydrogens is 274 g/mol. The normalized spacial score (nSPS) is 13.2. The second-order valence-corrected chi connectivity index (χ2v) is 7.16. The van der Waals surface area contributed by atoms with Gasteiger partial charge in [-0.25, -0.2) is 8.42 Å². The summed E-state index contributed by atoms with van der Waals surface area (Å²) >= 11 is 0. The highest BCUT2D eigenvalue weighted by atomic mass is 32.2. The third kappa shape index (κ3) is 5.92. The minimum absolute atomic E-state index is 0.0772. The highest BCUT2D eigenvalue weighted by Gasteiger charge is 2.10. The predicted octanol–water partition coefficient (Wildman–Crippen LogP) is 2.56. The van der Waals surface area contributed by atoms with Crippen LogP contribution >= 0.6 is 0 Å². The maximum atomic E-state index is 11.6. The quantitative estimate of drug-likeness (QED) is 0.761. The summed E-state index contributed by atoms with van der Waals surface area (Å²) in [5.74, 6) is 1.03. The van der Waals surface area contributed by atoms with Crippen molar-refractivity contribution >= 4 is 9.84 Å². The number of sulfone groups is 1. The summed E-state index contributed by atoms with van der Waals surface area (Å²) < 4.78 is 28.7. The molecule has 0 fully saturated rings. The number of rotatable bonds is 9. The molecule has 114 valence electrons. The maximum Gasteiger partial charge on any atom is 0.153 e. The van der Waals surface area contributed by atoms with Crippen molar-refractivity contribution in [1.29, 1.82) is 0 Å². The van der Waals surface area contributed by atoms with E-state index in [2.05, 4.69) is 19.2 Å². The Bertz CT molecular complexity index is 500. The molecule has 1 atom stereocenters. The van der Waals surface area contributed by atoms with Gasteiger partial charge in [-0.15, -0.1) is 0 Å². The van der Waals surface area contributed by atoms with Crippen molar-refractivity contribution in [1.82, 2.24) is 5.32 Å². The van der Waals surface area contributed by atoms with Gasteiger partial charge in [0.2, 0.25) is 0 Å². The van der Waals surface area contributed by atoms with E-state index >= 15 is 0 Å². The Hall–Kier alpha value is -1.07. The average Bonchev–Trinajstić information content (AvgIpc) is 2.39. The summed E-state index contributed by atoms with van der Waals surface area (Å²) in [7, 11) is -2.97. The summed E-state index contributed by atoms with van der Waals surface area (Å²) in [6.07, 6.45) is 0.651. The molecule has 0 amide bonds. The van der Waals surface area contributed by atoms with Gasteiger partial charge in [0.15, 0.2) is 9.84 Å². The Kier molecular flexibility index (Phi) is 7.02. The van der Waals surface area contributed by atoms with Gasteiger partial charge < -0.3 is 10.1 Å². The van der Waals surface area contributed by atoms with Crippen molar-refractivity contribution in [3.63, 3.8) is 0 Å². The summed E-state index contributed by atoms with van der Waals surface area (Å²) in [4.78, 5) is 0. The zero-order valence-corrected chi connectivity index (χ0v) is 13.4. The number of nitrogens with one attached hydrogen (secondary N) is 1. The summed E-state index contributed by atoms with van der Waals surface area (Å²) in [6, 6.07) is 8.04. The molecule has 0 saturated carbocycles. The average molecular weight is 299 g/mol. The van der Waals surface area contributed by atoms with Crippen molar-refractivity contribution in [3.8, 4) is 5.75 Å². The van der Waals surface area contributed by atoms with Crippen LogP contribution in [0.1, 0.15) is 38.8 Å². The number of benzene rings is 1. The van der Waals surface area contributed by atoms with Crippen LogP contribution in [0.15, 0.2) is 24.3 Å². The van der Waals surface area contributed by atoms with Crippen LogP contribution in [-0.2, 0) is 9.84 Å². The summed E-state index contributed by atoms with van der Waals surface area (Å²) in [5.41, 5.74) is 1.14. The molecule has 1 rings (SSSR count). The highest BCUT2D eigenvalue weighted by Crippen LogP contribution is 2.19. The van der Waals surface area contributed by atoms with Gasteiger partial charge in [-0.1, -0.05) is 26.0 Å². The van der Waals surface area contributed by atoms with Crippen molar-refractivity contribution < 1.29 is 13.2 Å². The van der Waals surface area contributed by atoms with E-state index in [-0.39, 0.29) is 24.2 Å². The molecule has 4 nitrogen and oxygen atoms in total. The molecule has 5 heteroatoms. The molecule has 20 heavy (non-hydrogen) atoms. The number of hydrogen-bond donors (Lipinski definition) is 1. The first-order valence-corrected chi connectivity index (χ1v) is 8.97. The fourth-order valence-electron chi connectivity index (χ4n) is 2.00. The van der Waals surface area contributed by atoms with Gasteiger partial charge in [0.1, 0.15) is 12.4 Å². The van der Waals surface area contributed by atoms with Gasteiger partial charge in [-0.2, -0.15) is 0 Å². The first-order valence-electron chi connectivity index (χ1n) is 7.15. The first kappa shape index (κ1) is 17.0. The van der Waals surface area contributed by atoms with E-state index in [0.717, 1.165) is 17.9 Å². The fourth-order valence-corrected chi connectivity index (χ4v) is 3.16. The third-order valence-corrected chi connectivity index (χ3v) is 4.87. The van der Waals surface area contributed by atoms with Gasteiger partial charge in [-0.3, -0.25) is 0 Å². The molecule has 1 aromatic carbocycles. The Labute approximate surface area is 122 Å². The van der Waals surface area contributed by atoms with Gasteiger partial charge in [0.05, 0.1) is 11.5 Å². The molecule has 0 saturated heterocycles. The lowest BCUT2D eigenvalue weighted by molar-refractivity contribution is 0.340. The largest absolute Gasteiger partial charge is 0.493 e. The zero-order valence-electron chi connectivity index (χ0n) is 12.6. The van der Waals surface area contributed by atoms with E-state index in [1.807, 2.05) is 31.2 Å². The van der Waals surface area contributed by atoms with Crippen molar-refractivity contribution in [2.45, 2.75) is 33.2 Å². The van der Waals surface area contributed by atoms with E-state index in [1.165, 1.54) is 0 Å². The summed E-state index contributed by atoms with van der Waals surface area (Å²) in [5, 5.41) is 3.33. The zero-order chi connectivity index (χ0) is 15.0. The molecule has 0 heterocycles. The Morgan fingerprint density at radius 2 is 2.00 bits per heavy atom. The molecule has 0 spiro atoms. The van der Waals surface area contributed by atoms with Gasteiger partial charge >= 0.3 is 0 Å².